The van der Waals surface area contributed by atoms with E-state index in [-0.39, 0.29) is 12.1 Å². The van der Waals surface area contributed by atoms with Crippen molar-refractivity contribution >= 4 is 27.3 Å². The predicted octanol–water partition coefficient (Wildman–Crippen LogP) is 4.20. The van der Waals surface area contributed by atoms with Crippen molar-refractivity contribution in [3.8, 4) is 0 Å². The minimum atomic E-state index is -4.55. The monoisotopic (exact) mass is 414 g/mol. The van der Waals surface area contributed by atoms with E-state index in [1.807, 2.05) is 0 Å². The van der Waals surface area contributed by atoms with Crippen molar-refractivity contribution in [2.45, 2.75) is 32.5 Å². The Labute approximate surface area is 162 Å². The van der Waals surface area contributed by atoms with Gasteiger partial charge in [0.25, 0.3) is 0 Å². The third-order valence-electron chi connectivity index (χ3n) is 4.04. The fraction of sp³-hybridized carbons (Fsp3) is 0.316. The molecule has 152 valence electrons. The number of alkyl halides is 3. The topological polar surface area (TPSA) is 66.5 Å². The van der Waals surface area contributed by atoms with Crippen molar-refractivity contribution in [1.29, 1.82) is 0 Å². The number of nitrogens with one attached hydrogen (secondary N) is 1. The number of sulfonamides is 1. The summed E-state index contributed by atoms with van der Waals surface area (Å²) >= 11 is 0. The second-order valence-electron chi connectivity index (χ2n) is 6.39. The van der Waals surface area contributed by atoms with Crippen molar-refractivity contribution < 1.29 is 26.4 Å². The molecule has 0 aliphatic carbocycles. The van der Waals surface area contributed by atoms with Crippen molar-refractivity contribution in [3.05, 3.63) is 59.7 Å². The van der Waals surface area contributed by atoms with Crippen LogP contribution in [0.1, 0.15) is 24.5 Å². The number of halogens is 3. The summed E-state index contributed by atoms with van der Waals surface area (Å²) in [6.45, 7) is 3.41. The Balaban J connectivity index is 2.37. The highest BCUT2D eigenvalue weighted by Gasteiger charge is 2.33. The van der Waals surface area contributed by atoms with Gasteiger partial charge in [0.1, 0.15) is 6.04 Å². The summed E-state index contributed by atoms with van der Waals surface area (Å²) in [4.78, 5) is 12.8. The first-order chi connectivity index (χ1) is 12.9. The molecule has 2 rings (SSSR count). The van der Waals surface area contributed by atoms with E-state index in [2.05, 4.69) is 5.32 Å². The summed E-state index contributed by atoms with van der Waals surface area (Å²) in [6.07, 6.45) is -3.44. The van der Waals surface area contributed by atoms with Crippen LogP contribution < -0.4 is 9.62 Å². The maximum Gasteiger partial charge on any atom is 0.416 e. The van der Waals surface area contributed by atoms with E-state index >= 15 is 0 Å². The fourth-order valence-corrected chi connectivity index (χ4v) is 4.03. The van der Waals surface area contributed by atoms with Gasteiger partial charge in [0, 0.05) is 5.69 Å². The zero-order valence-corrected chi connectivity index (χ0v) is 16.4. The highest BCUT2D eigenvalue weighted by Crippen LogP contribution is 2.31. The summed E-state index contributed by atoms with van der Waals surface area (Å²) in [5.41, 5.74) is 0.154. The molecular weight excluding hydrogens is 393 g/mol. The van der Waals surface area contributed by atoms with E-state index in [4.69, 9.17) is 0 Å². The van der Waals surface area contributed by atoms with Crippen molar-refractivity contribution in [3.63, 3.8) is 0 Å². The van der Waals surface area contributed by atoms with Crippen LogP contribution in [0.4, 0.5) is 24.5 Å². The molecule has 28 heavy (non-hydrogen) atoms. The third-order valence-corrected chi connectivity index (χ3v) is 5.22. The van der Waals surface area contributed by atoms with Gasteiger partial charge in [-0.15, -0.1) is 0 Å². The number of carbonyl (C=O) groups excluding carboxylic acids is 1. The Morgan fingerprint density at radius 1 is 1.14 bits per heavy atom. The molecule has 0 aliphatic heterocycles. The summed E-state index contributed by atoms with van der Waals surface area (Å²) in [5.74, 6) is -0.714. The summed E-state index contributed by atoms with van der Waals surface area (Å²) in [6, 6.07) is 9.71. The van der Waals surface area contributed by atoms with E-state index in [1.165, 1.54) is 12.1 Å². The minimum absolute atomic E-state index is 0.0593. The first-order valence-electron chi connectivity index (χ1n) is 8.47. The number of nitrogens with zero attached hydrogens (tertiary/aromatic N) is 1. The van der Waals surface area contributed by atoms with Crippen LogP contribution in [0.5, 0.6) is 0 Å². The quantitative estimate of drug-likeness (QED) is 0.771. The van der Waals surface area contributed by atoms with Gasteiger partial charge in [0.05, 0.1) is 17.5 Å². The van der Waals surface area contributed by atoms with Crippen LogP contribution in [0.3, 0.4) is 0 Å². The maximum atomic E-state index is 12.9. The van der Waals surface area contributed by atoms with Crippen molar-refractivity contribution in [2.24, 2.45) is 0 Å². The molecule has 2 aromatic rings. The number of aryl methyl sites for hydroxylation is 1. The second kappa shape index (κ2) is 8.22. The van der Waals surface area contributed by atoms with Crippen molar-refractivity contribution in [1.82, 2.24) is 0 Å². The van der Waals surface area contributed by atoms with E-state index in [0.29, 0.717) is 5.69 Å². The molecule has 0 radical (unpaired) electrons. The lowest BCUT2D eigenvalue weighted by molar-refractivity contribution is -0.137. The second-order valence-corrected chi connectivity index (χ2v) is 8.25. The number of carbonyl (C=O) groups is 1. The third kappa shape index (κ3) is 5.25. The molecule has 0 aromatic heterocycles. The number of rotatable bonds is 6. The molecule has 2 aromatic carbocycles. The molecule has 0 bridgehead atoms. The minimum Gasteiger partial charge on any atom is -0.324 e. The number of anilines is 2. The molecule has 9 heteroatoms. The zero-order chi connectivity index (χ0) is 21.1. The van der Waals surface area contributed by atoms with Gasteiger partial charge in [-0.2, -0.15) is 13.2 Å². The molecule has 0 fully saturated rings. The first kappa shape index (κ1) is 21.7. The number of hydrogen-bond acceptors (Lipinski definition) is 3. The van der Waals surface area contributed by atoms with Gasteiger partial charge in [0.15, 0.2) is 0 Å². The average Bonchev–Trinajstić information content (AvgIpc) is 2.57. The molecule has 0 aliphatic rings. The average molecular weight is 414 g/mol. The normalized spacial score (nSPS) is 13.1. The van der Waals surface area contributed by atoms with Crippen LogP contribution >= 0.6 is 0 Å². The van der Waals surface area contributed by atoms with Gasteiger partial charge in [-0.1, -0.05) is 25.1 Å². The number of benzene rings is 2. The Bertz CT molecular complexity index is 959. The van der Waals surface area contributed by atoms with Gasteiger partial charge in [-0.25, -0.2) is 8.42 Å². The van der Waals surface area contributed by atoms with Crippen molar-refractivity contribution in [2.75, 3.05) is 15.9 Å². The lowest BCUT2D eigenvalue weighted by Gasteiger charge is -2.30. The highest BCUT2D eigenvalue weighted by atomic mass is 32.2. The summed E-state index contributed by atoms with van der Waals surface area (Å²) in [5, 5.41) is 2.40. The Kier molecular flexibility index (Phi) is 6.38. The van der Waals surface area contributed by atoms with E-state index in [0.717, 1.165) is 28.3 Å². The van der Waals surface area contributed by atoms with E-state index in [9.17, 15) is 26.4 Å². The lowest BCUT2D eigenvalue weighted by Crippen LogP contribution is -2.47. The zero-order valence-electron chi connectivity index (χ0n) is 15.6. The van der Waals surface area contributed by atoms with Gasteiger partial charge in [0.2, 0.25) is 15.9 Å². The fourth-order valence-electron chi connectivity index (χ4n) is 2.82. The van der Waals surface area contributed by atoms with Gasteiger partial charge < -0.3 is 5.32 Å². The highest BCUT2D eigenvalue weighted by molar-refractivity contribution is 7.92. The Hall–Kier alpha value is -2.55. The molecule has 5 nitrogen and oxygen atoms in total. The number of hydrogen-bond donors (Lipinski definition) is 1. The standard InChI is InChI=1S/C19H21F3N2O3S/c1-4-17(24(28(3,26)27)16-10-5-7-13(2)11-16)18(25)23-15-9-6-8-14(12-15)19(20,21)22/h5-12,17H,4H2,1-3H3,(H,23,25)/t17-/m1/s1. The molecule has 1 atom stereocenters. The van der Waals surface area contributed by atoms with Crippen LogP contribution in [0.25, 0.3) is 0 Å². The summed E-state index contributed by atoms with van der Waals surface area (Å²) < 4.78 is 64.4. The Morgan fingerprint density at radius 2 is 1.79 bits per heavy atom. The lowest BCUT2D eigenvalue weighted by atomic mass is 10.1. The molecule has 0 saturated heterocycles. The van der Waals surface area contributed by atoms with Crippen LogP contribution in [0.2, 0.25) is 0 Å². The molecule has 1 N–H and O–H groups in total. The smallest absolute Gasteiger partial charge is 0.324 e. The largest absolute Gasteiger partial charge is 0.416 e. The molecule has 0 heterocycles. The molecule has 0 saturated carbocycles. The predicted molar refractivity (Wildman–Crippen MR) is 103 cm³/mol. The molecular formula is C19H21F3N2O3S. The SMILES string of the molecule is CC[C@H](C(=O)Nc1cccc(C(F)(F)F)c1)N(c1cccc(C)c1)S(C)(=O)=O. The van der Waals surface area contributed by atoms with Gasteiger partial charge in [-0.05, 0) is 49.2 Å². The Morgan fingerprint density at radius 3 is 2.32 bits per heavy atom. The molecule has 0 unspecified atom stereocenters. The van der Waals surface area contributed by atoms with Crippen LogP contribution in [-0.2, 0) is 21.0 Å². The molecule has 0 spiro atoms. The molecule has 1 amide bonds. The van der Waals surface area contributed by atoms with Crippen LogP contribution in [0, 0.1) is 6.92 Å². The maximum absolute atomic E-state index is 12.9. The summed E-state index contributed by atoms with van der Waals surface area (Å²) in [7, 11) is -3.82. The van der Waals surface area contributed by atoms with Gasteiger partial charge >= 0.3 is 6.18 Å². The number of amides is 1. The first-order valence-corrected chi connectivity index (χ1v) is 10.3. The van der Waals surface area contributed by atoms with E-state index < -0.39 is 33.7 Å². The van der Waals surface area contributed by atoms with Crippen LogP contribution in [0.15, 0.2) is 48.5 Å². The van der Waals surface area contributed by atoms with E-state index in [1.54, 1.807) is 38.1 Å². The van der Waals surface area contributed by atoms with Gasteiger partial charge in [-0.3, -0.25) is 9.10 Å². The van der Waals surface area contributed by atoms with Crippen LogP contribution in [-0.4, -0.2) is 26.6 Å².